The third kappa shape index (κ3) is 16.5. The maximum absolute atomic E-state index is 14.0. The van der Waals surface area contributed by atoms with Crippen molar-refractivity contribution in [1.82, 2.24) is 14.6 Å². The van der Waals surface area contributed by atoms with E-state index < -0.39 is 31.6 Å². The molecule has 14 heteroatoms. The highest BCUT2D eigenvalue weighted by atomic mass is 31.2. The molecule has 0 radical (unpaired) electrons. The second kappa shape index (κ2) is 24.7. The summed E-state index contributed by atoms with van der Waals surface area (Å²) >= 11 is 0. The Morgan fingerprint density at radius 1 is 0.982 bits per heavy atom. The van der Waals surface area contributed by atoms with Gasteiger partial charge in [0.15, 0.2) is 5.82 Å². The first-order valence-corrected chi connectivity index (χ1v) is 22.6. The number of aromatic nitrogens is 3. The van der Waals surface area contributed by atoms with Crippen LogP contribution in [0.15, 0.2) is 36.7 Å². The molecule has 1 aliphatic heterocycles. The average Bonchev–Trinajstić information content (AvgIpc) is 3.80. The van der Waals surface area contributed by atoms with Crippen LogP contribution >= 0.6 is 7.82 Å². The van der Waals surface area contributed by atoms with E-state index in [-0.39, 0.29) is 25.4 Å². The monoisotopic (exact) mass is 800 g/mol. The molecule has 0 aliphatic carbocycles. The number of benzene rings is 1. The zero-order valence-corrected chi connectivity index (χ0v) is 34.4. The van der Waals surface area contributed by atoms with Crippen molar-refractivity contribution in [2.24, 2.45) is 5.73 Å². The quantitative estimate of drug-likeness (QED) is 0.0431. The SMILES string of the molecule is CCCCCCCCCCCCCCCCCCCC[C@H](COP(=O)(O)OC[C@]1(N)CC[C@H](c2ccc3c(N)ncnn23)O1)OCCc1cc(F)cc(C#N)c1. The summed E-state index contributed by atoms with van der Waals surface area (Å²) in [5, 5.41) is 13.5. The summed E-state index contributed by atoms with van der Waals surface area (Å²) in [4.78, 5) is 14.6. The Hall–Kier alpha value is -2.95. The molecule has 0 amide bonds. The van der Waals surface area contributed by atoms with Crippen molar-refractivity contribution in [3.05, 3.63) is 59.3 Å². The van der Waals surface area contributed by atoms with E-state index in [1.165, 1.54) is 115 Å². The lowest BCUT2D eigenvalue weighted by molar-refractivity contribution is -0.0736. The van der Waals surface area contributed by atoms with Crippen molar-refractivity contribution in [2.45, 2.75) is 166 Å². The number of anilines is 1. The van der Waals surface area contributed by atoms with Gasteiger partial charge in [0.1, 0.15) is 36.1 Å². The van der Waals surface area contributed by atoms with Gasteiger partial charge in [-0.3, -0.25) is 9.05 Å². The molecule has 12 nitrogen and oxygen atoms in total. The molecule has 1 aromatic carbocycles. The first kappa shape index (κ1) is 45.7. The average molecular weight is 801 g/mol. The summed E-state index contributed by atoms with van der Waals surface area (Å²) in [6.07, 6.45) is 25.5. The molecule has 312 valence electrons. The number of phosphoric ester groups is 1. The molecule has 4 rings (SSSR count). The molecule has 1 aliphatic rings. The highest BCUT2D eigenvalue weighted by Gasteiger charge is 2.41. The van der Waals surface area contributed by atoms with Crippen LogP contribution < -0.4 is 11.5 Å². The van der Waals surface area contributed by atoms with Gasteiger partial charge in [0.2, 0.25) is 0 Å². The van der Waals surface area contributed by atoms with Crippen molar-refractivity contribution in [3.63, 3.8) is 0 Å². The van der Waals surface area contributed by atoms with E-state index in [4.69, 9.17) is 30.0 Å². The minimum absolute atomic E-state index is 0.169. The lowest BCUT2D eigenvalue weighted by Crippen LogP contribution is -2.43. The molecule has 3 heterocycles. The van der Waals surface area contributed by atoms with E-state index in [9.17, 15) is 19.1 Å². The van der Waals surface area contributed by atoms with Gasteiger partial charge >= 0.3 is 7.82 Å². The maximum Gasteiger partial charge on any atom is 0.472 e. The predicted molar refractivity (Wildman–Crippen MR) is 217 cm³/mol. The number of phosphoric acid groups is 1. The van der Waals surface area contributed by atoms with Crippen LogP contribution in [-0.2, 0) is 29.5 Å². The van der Waals surface area contributed by atoms with Gasteiger partial charge < -0.3 is 25.8 Å². The number of hydrogen-bond donors (Lipinski definition) is 3. The molecule has 1 saturated heterocycles. The molecular formula is C42H66FN6O6P. The second-order valence-corrected chi connectivity index (χ2v) is 16.9. The Labute approximate surface area is 333 Å². The number of nitriles is 1. The molecule has 1 unspecified atom stereocenters. The van der Waals surface area contributed by atoms with Crippen molar-refractivity contribution in [1.29, 1.82) is 5.26 Å². The first-order valence-electron chi connectivity index (χ1n) is 21.1. The number of nitrogens with zero attached hydrogens (tertiary/aromatic N) is 4. The van der Waals surface area contributed by atoms with Gasteiger partial charge in [0.25, 0.3) is 0 Å². The Bertz CT molecular complexity index is 1670. The van der Waals surface area contributed by atoms with Crippen LogP contribution in [0.25, 0.3) is 5.52 Å². The van der Waals surface area contributed by atoms with E-state index in [1.54, 1.807) is 16.6 Å². The fourth-order valence-corrected chi connectivity index (χ4v) is 8.22. The third-order valence-corrected chi connectivity index (χ3v) is 11.6. The maximum atomic E-state index is 14.0. The Morgan fingerprint density at radius 2 is 1.61 bits per heavy atom. The van der Waals surface area contributed by atoms with Gasteiger partial charge in [-0.25, -0.2) is 18.5 Å². The molecule has 2 aromatic heterocycles. The van der Waals surface area contributed by atoms with Crippen molar-refractivity contribution < 1.29 is 32.4 Å². The normalized spacial score (nSPS) is 18.7. The van der Waals surface area contributed by atoms with Crippen LogP contribution in [-0.4, -0.2) is 51.1 Å². The van der Waals surface area contributed by atoms with Gasteiger partial charge in [-0.2, -0.15) is 10.4 Å². The van der Waals surface area contributed by atoms with Crippen molar-refractivity contribution >= 4 is 19.2 Å². The standard InChI is InChI=1S/C42H66FN6O6P/c1-2-3-4-5-6-7-8-9-10-11-12-13-14-15-16-17-18-19-20-37(52-26-24-34-27-35(30-44)29-36(43)28-34)31-53-56(50,51)54-32-42(46)25-23-40(55-42)38-21-22-39-41(45)47-33-48-49(38)39/h21-22,27-29,33,37,40H,2-20,23-26,31-32,46H2,1H3,(H,50,51)(H2,45,47,48)/t37-,40-,42+/m1/s1. The van der Waals surface area contributed by atoms with E-state index in [2.05, 4.69) is 17.0 Å². The van der Waals surface area contributed by atoms with Gasteiger partial charge in [-0.15, -0.1) is 0 Å². The van der Waals surface area contributed by atoms with Gasteiger partial charge in [0, 0.05) is 0 Å². The number of halogens is 1. The number of nitrogens with two attached hydrogens (primary N) is 2. The van der Waals surface area contributed by atoms with Gasteiger partial charge in [-0.05, 0) is 61.6 Å². The molecule has 0 spiro atoms. The summed E-state index contributed by atoms with van der Waals surface area (Å²) in [6.45, 7) is 1.97. The van der Waals surface area contributed by atoms with Gasteiger partial charge in [-0.1, -0.05) is 122 Å². The largest absolute Gasteiger partial charge is 0.472 e. The van der Waals surface area contributed by atoms with Gasteiger partial charge in [0.05, 0.1) is 36.6 Å². The Kier molecular flexibility index (Phi) is 20.2. The molecule has 0 saturated carbocycles. The number of rotatable bonds is 30. The van der Waals surface area contributed by atoms with Crippen molar-refractivity contribution in [3.8, 4) is 6.07 Å². The highest BCUT2D eigenvalue weighted by molar-refractivity contribution is 7.47. The van der Waals surface area contributed by atoms with Crippen LogP contribution in [0, 0.1) is 17.1 Å². The first-order chi connectivity index (χ1) is 27.1. The predicted octanol–water partition coefficient (Wildman–Crippen LogP) is 10.0. The summed E-state index contributed by atoms with van der Waals surface area (Å²) < 4.78 is 51.6. The topological polar surface area (TPSA) is 180 Å². The summed E-state index contributed by atoms with van der Waals surface area (Å²) in [6, 6.07) is 9.81. The fourth-order valence-electron chi connectivity index (χ4n) is 7.40. The zero-order valence-electron chi connectivity index (χ0n) is 33.6. The number of fused-ring (bicyclic) bond motifs is 1. The van der Waals surface area contributed by atoms with E-state index in [0.29, 0.717) is 42.6 Å². The van der Waals surface area contributed by atoms with Crippen LogP contribution in [0.3, 0.4) is 0 Å². The minimum Gasteiger partial charge on any atom is -0.382 e. The smallest absolute Gasteiger partial charge is 0.382 e. The molecule has 5 N–H and O–H groups in total. The minimum atomic E-state index is -4.52. The molecular weight excluding hydrogens is 734 g/mol. The van der Waals surface area contributed by atoms with E-state index >= 15 is 0 Å². The molecule has 0 bridgehead atoms. The van der Waals surface area contributed by atoms with Crippen LogP contribution in [0.4, 0.5) is 10.2 Å². The summed E-state index contributed by atoms with van der Waals surface area (Å²) in [5.41, 5.74) is 13.4. The Morgan fingerprint density at radius 3 is 2.23 bits per heavy atom. The summed E-state index contributed by atoms with van der Waals surface area (Å²) in [5.74, 6) is -0.138. The number of hydrogen-bond acceptors (Lipinski definition) is 10. The number of ether oxygens (including phenoxy) is 2. The number of unbranched alkanes of at least 4 members (excludes halogenated alkanes) is 17. The molecule has 3 aromatic rings. The second-order valence-electron chi connectivity index (χ2n) is 15.5. The number of nitrogen functional groups attached to an aromatic ring is 1. The third-order valence-electron chi connectivity index (χ3n) is 10.7. The Balaban J connectivity index is 1.14. The molecule has 4 atom stereocenters. The van der Waals surface area contributed by atoms with Crippen LogP contribution in [0.1, 0.15) is 165 Å². The fraction of sp³-hybridized carbons (Fsp3) is 0.690. The zero-order chi connectivity index (χ0) is 40.1. The van der Waals surface area contributed by atoms with Crippen LogP contribution in [0.5, 0.6) is 0 Å². The van der Waals surface area contributed by atoms with Crippen LogP contribution in [0.2, 0.25) is 0 Å². The lowest BCUT2D eigenvalue weighted by atomic mass is 10.0. The van der Waals surface area contributed by atoms with E-state index in [1.807, 2.05) is 12.1 Å². The molecule has 1 fully saturated rings. The summed E-state index contributed by atoms with van der Waals surface area (Å²) in [7, 11) is -4.52. The van der Waals surface area contributed by atoms with Crippen molar-refractivity contribution in [2.75, 3.05) is 25.6 Å². The van der Waals surface area contributed by atoms with E-state index in [0.717, 1.165) is 25.0 Å². The lowest BCUT2D eigenvalue weighted by Gasteiger charge is -2.26. The highest BCUT2D eigenvalue weighted by Crippen LogP contribution is 2.46. The molecule has 56 heavy (non-hydrogen) atoms.